The molecule has 100 valence electrons. The highest BCUT2D eigenvalue weighted by molar-refractivity contribution is 5.89. The van der Waals surface area contributed by atoms with Gasteiger partial charge in [0.25, 0.3) is 0 Å². The van der Waals surface area contributed by atoms with Crippen LogP contribution in [0, 0.1) is 0 Å². The molecule has 0 aromatic heterocycles. The van der Waals surface area contributed by atoms with Gasteiger partial charge in [0.05, 0.1) is 19.8 Å². The Bertz CT molecular complexity index is 371. The minimum absolute atomic E-state index is 0.282. The Hall–Kier alpha value is -1.79. The van der Waals surface area contributed by atoms with Crippen LogP contribution in [0.15, 0.2) is 24.3 Å². The molecule has 6 nitrogen and oxygen atoms in total. The number of nitrogen functional groups attached to an aromatic ring is 1. The number of rotatable bonds is 7. The summed E-state index contributed by atoms with van der Waals surface area (Å²) in [5.41, 5.74) is 6.87. The maximum Gasteiger partial charge on any atom is 0.319 e. The van der Waals surface area contributed by atoms with E-state index in [1.807, 2.05) is 0 Å². The van der Waals surface area contributed by atoms with E-state index in [1.165, 1.54) is 0 Å². The van der Waals surface area contributed by atoms with Crippen molar-refractivity contribution in [2.24, 2.45) is 0 Å². The van der Waals surface area contributed by atoms with E-state index >= 15 is 0 Å². The Morgan fingerprint density at radius 2 is 2.17 bits per heavy atom. The van der Waals surface area contributed by atoms with Crippen LogP contribution in [0.4, 0.5) is 16.2 Å². The molecule has 1 aromatic rings. The lowest BCUT2D eigenvalue weighted by molar-refractivity contribution is 0.0728. The van der Waals surface area contributed by atoms with E-state index in [0.29, 0.717) is 37.7 Å². The van der Waals surface area contributed by atoms with Gasteiger partial charge in [0.15, 0.2) is 0 Å². The topological polar surface area (TPSA) is 85.6 Å². The predicted molar refractivity (Wildman–Crippen MR) is 70.6 cm³/mol. The molecule has 0 atom stereocenters. The van der Waals surface area contributed by atoms with Crippen LogP contribution >= 0.6 is 0 Å². The lowest BCUT2D eigenvalue weighted by Gasteiger charge is -2.08. The highest BCUT2D eigenvalue weighted by Gasteiger charge is 2.00. The van der Waals surface area contributed by atoms with Crippen molar-refractivity contribution in [2.75, 3.05) is 44.5 Å². The number of ether oxygens (including phenoxy) is 2. The van der Waals surface area contributed by atoms with Crippen LogP contribution in [0.2, 0.25) is 0 Å². The molecule has 4 N–H and O–H groups in total. The summed E-state index contributed by atoms with van der Waals surface area (Å²) in [6.07, 6.45) is 0. The Morgan fingerprint density at radius 3 is 2.89 bits per heavy atom. The number of methoxy groups -OCH3 is 1. The number of nitrogens with one attached hydrogen (secondary N) is 2. The molecule has 0 unspecified atom stereocenters. The van der Waals surface area contributed by atoms with Crippen LogP contribution in [-0.4, -0.2) is 39.5 Å². The first-order valence-corrected chi connectivity index (χ1v) is 5.69. The van der Waals surface area contributed by atoms with Gasteiger partial charge in [-0.25, -0.2) is 4.79 Å². The van der Waals surface area contributed by atoms with Crippen LogP contribution in [0.1, 0.15) is 0 Å². The smallest absolute Gasteiger partial charge is 0.319 e. The maximum absolute atomic E-state index is 11.5. The molecule has 2 amide bonds. The van der Waals surface area contributed by atoms with Gasteiger partial charge in [0, 0.05) is 25.0 Å². The molecule has 0 aliphatic heterocycles. The van der Waals surface area contributed by atoms with E-state index < -0.39 is 0 Å². The lowest BCUT2D eigenvalue weighted by atomic mass is 10.3. The van der Waals surface area contributed by atoms with Gasteiger partial charge in [-0.2, -0.15) is 0 Å². The summed E-state index contributed by atoms with van der Waals surface area (Å²) in [5, 5.41) is 5.35. The Labute approximate surface area is 106 Å². The fourth-order valence-corrected chi connectivity index (χ4v) is 1.27. The van der Waals surface area contributed by atoms with Gasteiger partial charge in [-0.1, -0.05) is 6.07 Å². The van der Waals surface area contributed by atoms with Crippen molar-refractivity contribution in [1.82, 2.24) is 5.32 Å². The lowest BCUT2D eigenvalue weighted by Crippen LogP contribution is -2.31. The highest BCUT2D eigenvalue weighted by Crippen LogP contribution is 2.11. The average molecular weight is 253 g/mol. The van der Waals surface area contributed by atoms with Gasteiger partial charge in [-0.05, 0) is 18.2 Å². The summed E-state index contributed by atoms with van der Waals surface area (Å²) in [4.78, 5) is 11.5. The van der Waals surface area contributed by atoms with Crippen molar-refractivity contribution in [2.45, 2.75) is 0 Å². The van der Waals surface area contributed by atoms with E-state index in [-0.39, 0.29) is 6.03 Å². The van der Waals surface area contributed by atoms with Crippen LogP contribution in [0.5, 0.6) is 0 Å². The summed E-state index contributed by atoms with van der Waals surface area (Å²) < 4.78 is 10.0. The van der Waals surface area contributed by atoms with Crippen LogP contribution in [-0.2, 0) is 9.47 Å². The minimum atomic E-state index is -0.282. The first kappa shape index (κ1) is 14.3. The van der Waals surface area contributed by atoms with Gasteiger partial charge in [-0.3, -0.25) is 0 Å². The molecular formula is C12H19N3O3. The number of benzene rings is 1. The Morgan fingerprint density at radius 1 is 1.33 bits per heavy atom. The fourth-order valence-electron chi connectivity index (χ4n) is 1.27. The molecule has 0 aliphatic carbocycles. The molecule has 0 bridgehead atoms. The molecule has 18 heavy (non-hydrogen) atoms. The normalized spacial score (nSPS) is 10.1. The molecule has 0 saturated carbocycles. The monoisotopic (exact) mass is 253 g/mol. The third-order valence-corrected chi connectivity index (χ3v) is 2.11. The first-order valence-electron chi connectivity index (χ1n) is 5.69. The van der Waals surface area contributed by atoms with E-state index in [0.717, 1.165) is 0 Å². The second-order valence-electron chi connectivity index (χ2n) is 3.61. The highest BCUT2D eigenvalue weighted by atomic mass is 16.5. The number of amides is 2. The third-order valence-electron chi connectivity index (χ3n) is 2.11. The Kier molecular flexibility index (Phi) is 6.60. The van der Waals surface area contributed by atoms with Crippen LogP contribution in [0.25, 0.3) is 0 Å². The van der Waals surface area contributed by atoms with E-state index in [1.54, 1.807) is 31.4 Å². The van der Waals surface area contributed by atoms with Crippen molar-refractivity contribution in [1.29, 1.82) is 0 Å². The SMILES string of the molecule is COCCOCCNC(=O)Nc1cccc(N)c1. The van der Waals surface area contributed by atoms with Gasteiger partial charge in [0.1, 0.15) is 0 Å². The molecule has 0 aliphatic rings. The second kappa shape index (κ2) is 8.32. The van der Waals surface area contributed by atoms with Gasteiger partial charge in [-0.15, -0.1) is 0 Å². The molecule has 0 saturated heterocycles. The molecule has 0 fully saturated rings. The average Bonchev–Trinajstić information content (AvgIpc) is 2.33. The number of hydrogen-bond donors (Lipinski definition) is 3. The first-order chi connectivity index (χ1) is 8.72. The standard InChI is InChI=1S/C12H19N3O3/c1-17-7-8-18-6-5-14-12(16)15-11-4-2-3-10(13)9-11/h2-4,9H,5-8,13H2,1H3,(H2,14,15,16). The third kappa shape index (κ3) is 6.07. The van der Waals surface area contributed by atoms with Crippen LogP contribution < -0.4 is 16.4 Å². The number of carbonyl (C=O) groups is 1. The summed E-state index contributed by atoms with van der Waals surface area (Å²) >= 11 is 0. The summed E-state index contributed by atoms with van der Waals surface area (Å²) in [7, 11) is 1.61. The molecule has 1 aromatic carbocycles. The summed E-state index contributed by atoms with van der Waals surface area (Å²) in [6.45, 7) is 1.97. The van der Waals surface area contributed by atoms with Crippen molar-refractivity contribution in [3.63, 3.8) is 0 Å². The van der Waals surface area contributed by atoms with Crippen molar-refractivity contribution >= 4 is 17.4 Å². The molecule has 0 spiro atoms. The number of hydrogen-bond acceptors (Lipinski definition) is 4. The van der Waals surface area contributed by atoms with E-state index in [9.17, 15) is 4.79 Å². The molecule has 6 heteroatoms. The molecular weight excluding hydrogens is 234 g/mol. The largest absolute Gasteiger partial charge is 0.399 e. The second-order valence-corrected chi connectivity index (χ2v) is 3.61. The molecule has 0 heterocycles. The zero-order valence-corrected chi connectivity index (χ0v) is 10.4. The molecule has 1 rings (SSSR count). The zero-order chi connectivity index (χ0) is 13.2. The summed E-state index contributed by atoms with van der Waals surface area (Å²) in [5.74, 6) is 0. The van der Waals surface area contributed by atoms with Gasteiger partial charge >= 0.3 is 6.03 Å². The number of nitrogens with two attached hydrogens (primary N) is 1. The molecule has 0 radical (unpaired) electrons. The van der Waals surface area contributed by atoms with Gasteiger partial charge in [0.2, 0.25) is 0 Å². The maximum atomic E-state index is 11.5. The number of urea groups is 1. The van der Waals surface area contributed by atoms with Crippen LogP contribution in [0.3, 0.4) is 0 Å². The zero-order valence-electron chi connectivity index (χ0n) is 10.4. The van der Waals surface area contributed by atoms with E-state index in [2.05, 4.69) is 10.6 Å². The number of anilines is 2. The number of carbonyl (C=O) groups excluding carboxylic acids is 1. The van der Waals surface area contributed by atoms with Crippen molar-refractivity contribution in [3.8, 4) is 0 Å². The summed E-state index contributed by atoms with van der Waals surface area (Å²) in [6, 6.07) is 6.71. The van der Waals surface area contributed by atoms with Crippen molar-refractivity contribution < 1.29 is 14.3 Å². The van der Waals surface area contributed by atoms with Crippen molar-refractivity contribution in [3.05, 3.63) is 24.3 Å². The fraction of sp³-hybridized carbons (Fsp3) is 0.417. The minimum Gasteiger partial charge on any atom is -0.399 e. The Balaban J connectivity index is 2.14. The predicted octanol–water partition coefficient (Wildman–Crippen LogP) is 1.05. The van der Waals surface area contributed by atoms with E-state index in [4.69, 9.17) is 15.2 Å². The quantitative estimate of drug-likeness (QED) is 0.501. The van der Waals surface area contributed by atoms with Gasteiger partial charge < -0.3 is 25.8 Å².